The molecule has 0 saturated carbocycles. The molecule has 7 heteroatoms. The zero-order chi connectivity index (χ0) is 15.4. The molecule has 1 amide bonds. The van der Waals surface area contributed by atoms with Crippen LogP contribution in [-0.2, 0) is 20.8 Å². The number of amides is 1. The van der Waals surface area contributed by atoms with E-state index in [-0.39, 0.29) is 18.1 Å². The lowest BCUT2D eigenvalue weighted by Gasteiger charge is -2.18. The van der Waals surface area contributed by atoms with Crippen LogP contribution in [0.3, 0.4) is 0 Å². The Hall–Kier alpha value is -1.99. The molecule has 2 atom stereocenters. The van der Waals surface area contributed by atoms with Crippen molar-refractivity contribution in [3.8, 4) is 0 Å². The van der Waals surface area contributed by atoms with Gasteiger partial charge in [0, 0.05) is 13.0 Å². The fraction of sp³-hybridized carbons (Fsp3) is 0.533. The number of carbonyl (C=O) groups excluding carboxylic acids is 1. The van der Waals surface area contributed by atoms with Crippen LogP contribution in [0.1, 0.15) is 13.3 Å². The van der Waals surface area contributed by atoms with Gasteiger partial charge in [-0.05, 0) is 19.1 Å². The van der Waals surface area contributed by atoms with Crippen molar-refractivity contribution >= 4 is 16.9 Å². The minimum atomic E-state index is -0.0695. The zero-order valence-electron chi connectivity index (χ0n) is 12.6. The van der Waals surface area contributed by atoms with Crippen LogP contribution in [0.5, 0.6) is 0 Å². The Morgan fingerprint density at radius 1 is 1.45 bits per heavy atom. The van der Waals surface area contributed by atoms with E-state index in [0.29, 0.717) is 32.8 Å². The summed E-state index contributed by atoms with van der Waals surface area (Å²) in [6, 6.07) is 7.64. The maximum atomic E-state index is 12.1. The van der Waals surface area contributed by atoms with E-state index in [0.717, 1.165) is 11.0 Å². The summed E-state index contributed by atoms with van der Waals surface area (Å²) in [7, 11) is 0. The number of aromatic nitrogens is 3. The van der Waals surface area contributed by atoms with Gasteiger partial charge in [0.25, 0.3) is 0 Å². The van der Waals surface area contributed by atoms with E-state index >= 15 is 0 Å². The number of carbonyl (C=O) groups is 1. The highest BCUT2D eigenvalue weighted by molar-refractivity contribution is 5.77. The predicted molar refractivity (Wildman–Crippen MR) is 80.3 cm³/mol. The van der Waals surface area contributed by atoms with Crippen molar-refractivity contribution in [1.29, 1.82) is 0 Å². The van der Waals surface area contributed by atoms with E-state index in [2.05, 4.69) is 15.6 Å². The monoisotopic (exact) mass is 304 g/mol. The van der Waals surface area contributed by atoms with Crippen LogP contribution >= 0.6 is 0 Å². The largest absolute Gasteiger partial charge is 0.376 e. The molecule has 22 heavy (non-hydrogen) atoms. The Bertz CT molecular complexity index is 643. The van der Waals surface area contributed by atoms with E-state index in [1.165, 1.54) is 0 Å². The van der Waals surface area contributed by atoms with Gasteiger partial charge in [-0.25, -0.2) is 4.68 Å². The topological polar surface area (TPSA) is 78.3 Å². The van der Waals surface area contributed by atoms with E-state index < -0.39 is 0 Å². The van der Waals surface area contributed by atoms with Gasteiger partial charge >= 0.3 is 0 Å². The Morgan fingerprint density at radius 2 is 2.32 bits per heavy atom. The lowest BCUT2D eigenvalue weighted by molar-refractivity contribution is -0.122. The molecule has 7 nitrogen and oxygen atoms in total. The highest BCUT2D eigenvalue weighted by Gasteiger charge is 2.29. The van der Waals surface area contributed by atoms with Gasteiger partial charge in [-0.1, -0.05) is 17.3 Å². The van der Waals surface area contributed by atoms with Crippen LogP contribution < -0.4 is 5.32 Å². The first-order valence-electron chi connectivity index (χ1n) is 7.55. The molecule has 1 fully saturated rings. The number of aryl methyl sites for hydroxylation is 1. The van der Waals surface area contributed by atoms with Gasteiger partial charge in [0.1, 0.15) is 11.6 Å². The molecule has 2 heterocycles. The average Bonchev–Trinajstić information content (AvgIpc) is 3.13. The Kier molecular flexibility index (Phi) is 4.65. The predicted octanol–water partition coefficient (Wildman–Crippen LogP) is 0.742. The van der Waals surface area contributed by atoms with Gasteiger partial charge < -0.3 is 14.8 Å². The number of nitrogens with zero attached hydrogens (tertiary/aromatic N) is 3. The van der Waals surface area contributed by atoms with Gasteiger partial charge in [0.15, 0.2) is 0 Å². The molecule has 1 aromatic carbocycles. The van der Waals surface area contributed by atoms with Gasteiger partial charge in [0.05, 0.1) is 31.3 Å². The van der Waals surface area contributed by atoms with Crippen molar-refractivity contribution in [2.75, 3.05) is 19.8 Å². The third-order valence-corrected chi connectivity index (χ3v) is 3.73. The second kappa shape index (κ2) is 6.85. The first-order chi connectivity index (χ1) is 10.8. The van der Waals surface area contributed by atoms with E-state index in [1.807, 2.05) is 31.2 Å². The number of rotatable bonds is 6. The summed E-state index contributed by atoms with van der Waals surface area (Å²) in [5, 5.41) is 11.1. The molecule has 1 aliphatic rings. The number of fused-ring (bicyclic) bond motifs is 1. The standard InChI is InChI=1S/C15H20N4O3/c1-2-22-14-10-21-9-12(14)16-15(20)7-8-19-13-6-4-3-5-11(13)17-18-19/h3-6,12,14H,2,7-10H2,1H3,(H,16,20)/t12-,14-/m0/s1. The Morgan fingerprint density at radius 3 is 3.18 bits per heavy atom. The molecule has 1 aliphatic heterocycles. The second-order valence-electron chi connectivity index (χ2n) is 5.26. The molecule has 2 aromatic rings. The lowest BCUT2D eigenvalue weighted by Crippen LogP contribution is -2.44. The number of para-hydroxylation sites is 1. The molecule has 118 valence electrons. The molecule has 1 N–H and O–H groups in total. The van der Waals surface area contributed by atoms with Gasteiger partial charge in [-0.15, -0.1) is 5.10 Å². The highest BCUT2D eigenvalue weighted by atomic mass is 16.5. The van der Waals surface area contributed by atoms with Gasteiger partial charge in [0.2, 0.25) is 5.91 Å². The van der Waals surface area contributed by atoms with Crippen LogP contribution in [-0.4, -0.2) is 52.9 Å². The SMILES string of the molecule is CCO[C@H]1COC[C@@H]1NC(=O)CCn1nnc2ccccc21. The van der Waals surface area contributed by atoms with Crippen LogP contribution in [0.25, 0.3) is 11.0 Å². The molecule has 0 radical (unpaired) electrons. The minimum absolute atomic E-state index is 0.0280. The molecule has 1 saturated heterocycles. The second-order valence-corrected chi connectivity index (χ2v) is 5.26. The third-order valence-electron chi connectivity index (χ3n) is 3.73. The summed E-state index contributed by atoms with van der Waals surface area (Å²) in [6.45, 7) is 4.09. The smallest absolute Gasteiger partial charge is 0.222 e. The molecule has 0 bridgehead atoms. The van der Waals surface area contributed by atoms with Crippen molar-refractivity contribution in [2.45, 2.75) is 32.0 Å². The maximum Gasteiger partial charge on any atom is 0.222 e. The van der Waals surface area contributed by atoms with Crippen molar-refractivity contribution in [2.24, 2.45) is 0 Å². The molecule has 0 aliphatic carbocycles. The number of nitrogens with one attached hydrogen (secondary N) is 1. The summed E-state index contributed by atoms with van der Waals surface area (Å²) in [4.78, 5) is 12.1. The number of ether oxygens (including phenoxy) is 2. The first-order valence-corrected chi connectivity index (χ1v) is 7.55. The van der Waals surface area contributed by atoms with Crippen LogP contribution in [0.15, 0.2) is 24.3 Å². The summed E-state index contributed by atoms with van der Waals surface area (Å²) in [5.74, 6) is -0.0280. The first kappa shape index (κ1) is 14.9. The van der Waals surface area contributed by atoms with Gasteiger partial charge in [-0.3, -0.25) is 4.79 Å². The fourth-order valence-corrected chi connectivity index (χ4v) is 2.62. The summed E-state index contributed by atoms with van der Waals surface area (Å²) in [6.07, 6.45) is 0.295. The molecule has 3 rings (SSSR count). The lowest BCUT2D eigenvalue weighted by atomic mass is 10.2. The number of benzene rings is 1. The number of hydrogen-bond acceptors (Lipinski definition) is 5. The number of hydrogen-bond donors (Lipinski definition) is 1. The Labute approximate surface area is 128 Å². The molecular formula is C15H20N4O3. The van der Waals surface area contributed by atoms with Crippen molar-refractivity contribution in [3.05, 3.63) is 24.3 Å². The van der Waals surface area contributed by atoms with Crippen molar-refractivity contribution < 1.29 is 14.3 Å². The maximum absolute atomic E-state index is 12.1. The normalized spacial score (nSPS) is 21.3. The highest BCUT2D eigenvalue weighted by Crippen LogP contribution is 2.12. The average molecular weight is 304 g/mol. The van der Waals surface area contributed by atoms with Gasteiger partial charge in [-0.2, -0.15) is 0 Å². The van der Waals surface area contributed by atoms with Crippen molar-refractivity contribution in [1.82, 2.24) is 20.3 Å². The van der Waals surface area contributed by atoms with Crippen LogP contribution in [0.4, 0.5) is 0 Å². The summed E-state index contributed by atoms with van der Waals surface area (Å²) in [5.41, 5.74) is 1.77. The molecular weight excluding hydrogens is 284 g/mol. The van der Waals surface area contributed by atoms with E-state index in [4.69, 9.17) is 9.47 Å². The summed E-state index contributed by atoms with van der Waals surface area (Å²) < 4.78 is 12.7. The molecule has 1 aromatic heterocycles. The fourth-order valence-electron chi connectivity index (χ4n) is 2.62. The summed E-state index contributed by atoms with van der Waals surface area (Å²) >= 11 is 0. The quantitative estimate of drug-likeness (QED) is 0.851. The van der Waals surface area contributed by atoms with Crippen LogP contribution in [0, 0.1) is 0 Å². The minimum Gasteiger partial charge on any atom is -0.376 e. The van der Waals surface area contributed by atoms with Crippen LogP contribution in [0.2, 0.25) is 0 Å². The third kappa shape index (κ3) is 3.26. The Balaban J connectivity index is 1.54. The van der Waals surface area contributed by atoms with E-state index in [9.17, 15) is 4.79 Å². The molecule has 0 spiro atoms. The molecule has 0 unspecified atom stereocenters. The van der Waals surface area contributed by atoms with Crippen molar-refractivity contribution in [3.63, 3.8) is 0 Å². The van der Waals surface area contributed by atoms with E-state index in [1.54, 1.807) is 4.68 Å². The zero-order valence-corrected chi connectivity index (χ0v) is 12.6.